The molecule has 1 rings (SSSR count). The fourth-order valence-corrected chi connectivity index (χ4v) is 1.20. The largest absolute Gasteiger partial charge is 0.302 e. The Balaban J connectivity index is 2.71. The Morgan fingerprint density at radius 3 is 3.00 bits per heavy atom. The van der Waals surface area contributed by atoms with Gasteiger partial charge in [-0.2, -0.15) is 0 Å². The van der Waals surface area contributed by atoms with Crippen molar-refractivity contribution >= 4 is 23.9 Å². The molecule has 1 aromatic heterocycles. The molecule has 4 heteroatoms. The molecule has 0 aliphatic heterocycles. The lowest BCUT2D eigenvalue weighted by atomic mass is 10.4. The van der Waals surface area contributed by atoms with Crippen LogP contribution in [0.2, 0.25) is 0 Å². The van der Waals surface area contributed by atoms with Crippen LogP contribution < -0.4 is 0 Å². The minimum Gasteiger partial charge on any atom is -0.302 e. The van der Waals surface area contributed by atoms with Crippen molar-refractivity contribution in [2.45, 2.75) is 6.42 Å². The van der Waals surface area contributed by atoms with Crippen LogP contribution in [0.5, 0.6) is 0 Å². The van der Waals surface area contributed by atoms with Crippen LogP contribution in [0.4, 0.5) is 0 Å². The number of rotatable bonds is 2. The van der Waals surface area contributed by atoms with Crippen LogP contribution in [0.3, 0.4) is 0 Å². The van der Waals surface area contributed by atoms with Gasteiger partial charge in [0.1, 0.15) is 12.0 Å². The molecule has 0 saturated heterocycles. The summed E-state index contributed by atoms with van der Waals surface area (Å²) in [5.41, 5.74) is 0.385. The smallest absolute Gasteiger partial charge is 0.169 e. The van der Waals surface area contributed by atoms with Crippen LogP contribution in [0.1, 0.15) is 21.9 Å². The third kappa shape index (κ3) is 2.29. The van der Waals surface area contributed by atoms with Crippen LogP contribution in [-0.4, -0.2) is 17.6 Å². The zero-order valence-electron chi connectivity index (χ0n) is 6.11. The Morgan fingerprint density at radius 1 is 1.58 bits per heavy atom. The first-order chi connectivity index (χ1) is 5.86. The summed E-state index contributed by atoms with van der Waals surface area (Å²) in [6.07, 6.45) is 1.60. The highest BCUT2D eigenvalue weighted by molar-refractivity contribution is 7.10. The minimum atomic E-state index is 0.204. The Labute approximate surface area is 73.4 Å². The monoisotopic (exact) mass is 179 g/mol. The molecule has 0 N–H and O–H groups in total. The van der Waals surface area contributed by atoms with Crippen LogP contribution in [-0.2, 0) is 4.79 Å². The lowest BCUT2D eigenvalue weighted by Crippen LogP contribution is -1.78. The summed E-state index contributed by atoms with van der Waals surface area (Å²) < 4.78 is 0. The number of thiazole rings is 1. The minimum absolute atomic E-state index is 0.204. The van der Waals surface area contributed by atoms with Gasteiger partial charge in [-0.25, -0.2) is 4.98 Å². The van der Waals surface area contributed by atoms with Crippen molar-refractivity contribution < 1.29 is 9.59 Å². The maximum Gasteiger partial charge on any atom is 0.169 e. The number of hydrogen-bond donors (Lipinski definition) is 0. The van der Waals surface area contributed by atoms with Gasteiger partial charge in [-0.3, -0.25) is 4.79 Å². The number of aromatic nitrogens is 1. The van der Waals surface area contributed by atoms with E-state index in [1.807, 2.05) is 0 Å². The first-order valence-electron chi connectivity index (χ1n) is 3.20. The molecule has 1 heterocycles. The maximum atomic E-state index is 10.2. The summed E-state index contributed by atoms with van der Waals surface area (Å²) >= 11 is 1.29. The molecule has 3 nitrogen and oxygen atoms in total. The molecule has 0 amide bonds. The molecule has 0 atom stereocenters. The van der Waals surface area contributed by atoms with E-state index in [0.29, 0.717) is 17.0 Å². The number of hydrogen-bond acceptors (Lipinski definition) is 4. The van der Waals surface area contributed by atoms with Gasteiger partial charge in [0.15, 0.2) is 11.3 Å². The molecule has 0 aromatic carbocycles. The molecular formula is C8H5NO2S. The van der Waals surface area contributed by atoms with Gasteiger partial charge in [0.05, 0.1) is 6.42 Å². The maximum absolute atomic E-state index is 10.2. The predicted molar refractivity (Wildman–Crippen MR) is 45.1 cm³/mol. The van der Waals surface area contributed by atoms with E-state index in [4.69, 9.17) is 0 Å². The van der Waals surface area contributed by atoms with E-state index in [0.717, 1.165) is 6.29 Å². The van der Waals surface area contributed by atoms with Gasteiger partial charge < -0.3 is 4.79 Å². The molecule has 0 aliphatic rings. The van der Waals surface area contributed by atoms with Crippen molar-refractivity contribution in [3.8, 4) is 11.8 Å². The van der Waals surface area contributed by atoms with Gasteiger partial charge in [-0.1, -0.05) is 5.92 Å². The van der Waals surface area contributed by atoms with E-state index in [1.54, 1.807) is 5.38 Å². The second kappa shape index (κ2) is 4.42. The SMILES string of the molecule is O=CCC#Cc1nc(C=O)cs1. The molecule has 12 heavy (non-hydrogen) atoms. The van der Waals surface area contributed by atoms with Gasteiger partial charge in [-0.15, -0.1) is 11.3 Å². The number of carbonyl (C=O) groups is 2. The highest BCUT2D eigenvalue weighted by atomic mass is 32.1. The van der Waals surface area contributed by atoms with Crippen molar-refractivity contribution in [3.63, 3.8) is 0 Å². The van der Waals surface area contributed by atoms with E-state index in [1.165, 1.54) is 11.3 Å². The van der Waals surface area contributed by atoms with E-state index in [-0.39, 0.29) is 6.42 Å². The quantitative estimate of drug-likeness (QED) is 0.500. The summed E-state index contributed by atoms with van der Waals surface area (Å²) in [5.74, 6) is 5.27. The van der Waals surface area contributed by atoms with E-state index >= 15 is 0 Å². The van der Waals surface area contributed by atoms with Crippen molar-refractivity contribution in [1.29, 1.82) is 0 Å². The Bertz CT molecular complexity index is 345. The average molecular weight is 179 g/mol. The normalized spacial score (nSPS) is 8.33. The van der Waals surface area contributed by atoms with Gasteiger partial charge >= 0.3 is 0 Å². The van der Waals surface area contributed by atoms with Crippen LogP contribution in [0.15, 0.2) is 5.38 Å². The number of aldehydes is 2. The summed E-state index contributed by atoms with van der Waals surface area (Å²) in [6, 6.07) is 0. The van der Waals surface area contributed by atoms with Crippen molar-refractivity contribution in [1.82, 2.24) is 4.98 Å². The molecule has 0 unspecified atom stereocenters. The molecule has 0 bridgehead atoms. The molecule has 1 aromatic rings. The molecule has 0 aliphatic carbocycles. The second-order valence-corrected chi connectivity index (χ2v) is 2.73. The molecule has 0 saturated carbocycles. The fraction of sp³-hybridized carbons (Fsp3) is 0.125. The topological polar surface area (TPSA) is 47.0 Å². The lowest BCUT2D eigenvalue weighted by Gasteiger charge is -1.73. The summed E-state index contributed by atoms with van der Waals surface area (Å²) in [7, 11) is 0. The zero-order valence-corrected chi connectivity index (χ0v) is 6.93. The number of nitrogens with zero attached hydrogens (tertiary/aromatic N) is 1. The summed E-state index contributed by atoms with van der Waals surface area (Å²) in [5, 5.41) is 2.19. The van der Waals surface area contributed by atoms with Gasteiger partial charge in [0.25, 0.3) is 0 Å². The number of carbonyl (C=O) groups excluding carboxylic acids is 2. The van der Waals surface area contributed by atoms with E-state index in [9.17, 15) is 9.59 Å². The Hall–Kier alpha value is -1.47. The first kappa shape index (κ1) is 8.62. The fourth-order valence-electron chi connectivity index (χ4n) is 0.566. The molecule has 0 spiro atoms. The molecular weight excluding hydrogens is 174 g/mol. The van der Waals surface area contributed by atoms with Crippen LogP contribution in [0, 0.1) is 11.8 Å². The van der Waals surface area contributed by atoms with Crippen molar-refractivity contribution in [2.75, 3.05) is 0 Å². The molecule has 60 valence electrons. The molecule has 0 radical (unpaired) electrons. The van der Waals surface area contributed by atoms with Crippen molar-refractivity contribution in [3.05, 3.63) is 16.1 Å². The van der Waals surface area contributed by atoms with Crippen molar-refractivity contribution in [2.24, 2.45) is 0 Å². The lowest BCUT2D eigenvalue weighted by molar-refractivity contribution is -0.107. The van der Waals surface area contributed by atoms with Gasteiger partial charge in [0.2, 0.25) is 0 Å². The van der Waals surface area contributed by atoms with Crippen LogP contribution >= 0.6 is 11.3 Å². The third-order valence-electron chi connectivity index (χ3n) is 1.02. The third-order valence-corrected chi connectivity index (χ3v) is 1.80. The summed E-state index contributed by atoms with van der Waals surface area (Å²) in [4.78, 5) is 23.9. The average Bonchev–Trinajstić information content (AvgIpc) is 2.53. The van der Waals surface area contributed by atoms with E-state index < -0.39 is 0 Å². The Morgan fingerprint density at radius 2 is 2.42 bits per heavy atom. The van der Waals surface area contributed by atoms with Crippen LogP contribution in [0.25, 0.3) is 0 Å². The zero-order chi connectivity index (χ0) is 8.81. The highest BCUT2D eigenvalue weighted by Gasteiger charge is 1.95. The van der Waals surface area contributed by atoms with Gasteiger partial charge in [-0.05, 0) is 5.92 Å². The highest BCUT2D eigenvalue weighted by Crippen LogP contribution is 2.05. The molecule has 0 fully saturated rings. The first-order valence-corrected chi connectivity index (χ1v) is 4.08. The van der Waals surface area contributed by atoms with Gasteiger partial charge in [0, 0.05) is 5.38 Å². The Kier molecular flexibility index (Phi) is 3.17. The second-order valence-electron chi connectivity index (χ2n) is 1.87. The predicted octanol–water partition coefficient (Wildman–Crippen LogP) is 0.896. The summed E-state index contributed by atoms with van der Waals surface area (Å²) in [6.45, 7) is 0. The standard InChI is InChI=1S/C8H5NO2S/c10-4-2-1-3-8-9-7(5-11)6-12-8/h4-6H,2H2. The van der Waals surface area contributed by atoms with E-state index in [2.05, 4.69) is 16.8 Å².